The number of rotatable bonds is 6. The van der Waals surface area contributed by atoms with Gasteiger partial charge in [0.2, 0.25) is 11.8 Å². The van der Waals surface area contributed by atoms with E-state index in [4.69, 9.17) is 0 Å². The lowest BCUT2D eigenvalue weighted by Crippen LogP contribution is -2.37. The third-order valence-corrected chi connectivity index (χ3v) is 4.49. The van der Waals surface area contributed by atoms with E-state index in [-0.39, 0.29) is 19.6 Å². The summed E-state index contributed by atoms with van der Waals surface area (Å²) in [7, 11) is 1.84. The van der Waals surface area contributed by atoms with Crippen LogP contribution in [0.15, 0.2) is 36.7 Å². The molecule has 1 fully saturated rings. The lowest BCUT2D eigenvalue weighted by atomic mass is 9.95. The number of nitrogens with one attached hydrogen (secondary N) is 1. The minimum atomic E-state index is -4.42. The molecule has 1 aromatic rings. The number of hydrogen-bond donors (Lipinski definition) is 1. The fourth-order valence-corrected chi connectivity index (χ4v) is 3.04. The van der Waals surface area contributed by atoms with E-state index in [1.165, 1.54) is 17.1 Å². The first-order valence-electron chi connectivity index (χ1n) is 8.80. The van der Waals surface area contributed by atoms with Crippen LogP contribution in [0.5, 0.6) is 0 Å². The molecule has 2 rings (SSSR count). The number of likely N-dealkylation sites (tertiary alicyclic amines) is 1. The maximum atomic E-state index is 13.3. The van der Waals surface area contributed by atoms with Crippen molar-refractivity contribution in [3.8, 4) is 0 Å². The van der Waals surface area contributed by atoms with E-state index in [0.717, 1.165) is 5.56 Å². The highest BCUT2D eigenvalue weighted by atomic mass is 19.4. The molecule has 2 amide bonds. The van der Waals surface area contributed by atoms with Gasteiger partial charge >= 0.3 is 6.18 Å². The van der Waals surface area contributed by atoms with Crippen LogP contribution >= 0.6 is 0 Å². The molecule has 27 heavy (non-hydrogen) atoms. The fraction of sp³-hybridized carbons (Fsp3) is 0.474. The topological polar surface area (TPSA) is 54.3 Å². The first kappa shape index (κ1) is 20.8. The number of carbonyl (C=O) groups is 2. The molecule has 0 aromatic carbocycles. The monoisotopic (exact) mass is 383 g/mol. The van der Waals surface area contributed by atoms with Crippen molar-refractivity contribution in [2.24, 2.45) is 18.9 Å². The Morgan fingerprint density at radius 3 is 2.63 bits per heavy atom. The molecule has 5 nitrogen and oxygen atoms in total. The van der Waals surface area contributed by atoms with Crippen LogP contribution in [0.25, 0.3) is 6.08 Å². The van der Waals surface area contributed by atoms with Gasteiger partial charge < -0.3 is 14.8 Å². The normalized spacial score (nSPS) is 20.7. The quantitative estimate of drug-likeness (QED) is 0.768. The molecule has 0 bridgehead atoms. The van der Waals surface area contributed by atoms with Crippen LogP contribution in [-0.2, 0) is 16.6 Å². The van der Waals surface area contributed by atoms with Crippen LogP contribution in [0.4, 0.5) is 13.2 Å². The van der Waals surface area contributed by atoms with E-state index < -0.39 is 29.8 Å². The van der Waals surface area contributed by atoms with Crippen molar-refractivity contribution < 1.29 is 22.8 Å². The minimum Gasteiger partial charge on any atom is -0.357 e. The lowest BCUT2D eigenvalue weighted by molar-refractivity contribution is -0.180. The van der Waals surface area contributed by atoms with Gasteiger partial charge in [-0.05, 0) is 30.2 Å². The van der Waals surface area contributed by atoms with E-state index in [0.29, 0.717) is 6.42 Å². The summed E-state index contributed by atoms with van der Waals surface area (Å²) in [6.07, 6.45) is 5.66. The number of amides is 2. The van der Waals surface area contributed by atoms with E-state index in [9.17, 15) is 22.8 Å². The van der Waals surface area contributed by atoms with Crippen molar-refractivity contribution in [3.63, 3.8) is 0 Å². The Kier molecular flexibility index (Phi) is 6.87. The van der Waals surface area contributed by atoms with E-state index in [1.807, 2.05) is 37.0 Å². The van der Waals surface area contributed by atoms with Gasteiger partial charge in [-0.3, -0.25) is 9.59 Å². The first-order chi connectivity index (χ1) is 12.7. The van der Waals surface area contributed by atoms with Crippen molar-refractivity contribution in [3.05, 3.63) is 42.3 Å². The summed E-state index contributed by atoms with van der Waals surface area (Å²) in [5.74, 6) is -3.40. The van der Waals surface area contributed by atoms with E-state index in [2.05, 4.69) is 5.32 Å². The number of aromatic nitrogens is 1. The van der Waals surface area contributed by atoms with Gasteiger partial charge in [0, 0.05) is 51.1 Å². The molecule has 0 aliphatic carbocycles. The number of carbonyl (C=O) groups excluding carboxylic acids is 2. The molecule has 0 spiro atoms. The largest absolute Gasteiger partial charge is 0.393 e. The van der Waals surface area contributed by atoms with Crippen molar-refractivity contribution in [2.45, 2.75) is 19.5 Å². The van der Waals surface area contributed by atoms with Gasteiger partial charge in [0.15, 0.2) is 0 Å². The van der Waals surface area contributed by atoms with Crippen molar-refractivity contribution >= 4 is 17.9 Å². The van der Waals surface area contributed by atoms with Crippen LogP contribution in [0.2, 0.25) is 0 Å². The van der Waals surface area contributed by atoms with Crippen molar-refractivity contribution in [2.75, 3.05) is 19.6 Å². The fourth-order valence-electron chi connectivity index (χ4n) is 3.04. The van der Waals surface area contributed by atoms with Crippen LogP contribution < -0.4 is 5.32 Å². The number of hydrogen-bond acceptors (Lipinski definition) is 2. The Labute approximate surface area is 156 Å². The molecule has 2 atom stereocenters. The molecule has 1 aromatic heterocycles. The second-order valence-corrected chi connectivity index (χ2v) is 6.65. The zero-order valence-corrected chi connectivity index (χ0v) is 15.4. The number of halogens is 3. The summed E-state index contributed by atoms with van der Waals surface area (Å²) >= 11 is 0. The van der Waals surface area contributed by atoms with Gasteiger partial charge in [0.25, 0.3) is 0 Å². The summed E-state index contributed by atoms with van der Waals surface area (Å²) in [6, 6.07) is 1.81. The Bertz CT molecular complexity index is 722. The first-order valence-corrected chi connectivity index (χ1v) is 8.80. The van der Waals surface area contributed by atoms with Crippen LogP contribution in [0.3, 0.4) is 0 Å². The third-order valence-electron chi connectivity index (χ3n) is 4.49. The average Bonchev–Trinajstić information content (AvgIpc) is 3.22. The number of aryl methyl sites for hydroxylation is 1. The van der Waals surface area contributed by atoms with E-state index in [1.54, 1.807) is 12.2 Å². The standard InChI is InChI=1S/C19H24F3N3O2/c1-3-4-5-18(27)25-12-15(16(13-25)19(20,21)22)10-23-17(26)7-6-14-8-9-24(2)11-14/h4-9,11,15-16H,3,10,12-13H2,1-2H3,(H,23,26)/b5-4+,7-6+. The Morgan fingerprint density at radius 1 is 1.30 bits per heavy atom. The molecule has 2 heterocycles. The zero-order valence-electron chi connectivity index (χ0n) is 15.4. The highest BCUT2D eigenvalue weighted by Crippen LogP contribution is 2.37. The molecule has 1 aliphatic rings. The van der Waals surface area contributed by atoms with Gasteiger partial charge in [-0.1, -0.05) is 13.0 Å². The molecule has 1 N–H and O–H groups in total. The molecule has 148 valence electrons. The zero-order chi connectivity index (χ0) is 20.0. The van der Waals surface area contributed by atoms with Crippen molar-refractivity contribution in [1.82, 2.24) is 14.8 Å². The predicted molar refractivity (Wildman–Crippen MR) is 96.5 cm³/mol. The van der Waals surface area contributed by atoms with Gasteiger partial charge in [-0.2, -0.15) is 13.2 Å². The van der Waals surface area contributed by atoms with Gasteiger partial charge in [0.1, 0.15) is 0 Å². The SMILES string of the molecule is CC/C=C/C(=O)N1CC(CNC(=O)/C=C/c2ccn(C)c2)C(C(F)(F)F)C1. The lowest BCUT2D eigenvalue weighted by Gasteiger charge is -2.20. The van der Waals surface area contributed by atoms with Crippen molar-refractivity contribution in [1.29, 1.82) is 0 Å². The van der Waals surface area contributed by atoms with E-state index >= 15 is 0 Å². The minimum absolute atomic E-state index is 0.0280. The highest BCUT2D eigenvalue weighted by molar-refractivity contribution is 5.91. The summed E-state index contributed by atoms with van der Waals surface area (Å²) in [5, 5.41) is 2.52. The highest BCUT2D eigenvalue weighted by Gasteiger charge is 2.50. The summed E-state index contributed by atoms with van der Waals surface area (Å²) in [6.45, 7) is 1.30. The number of nitrogens with zero attached hydrogens (tertiary/aromatic N) is 2. The Morgan fingerprint density at radius 2 is 2.04 bits per heavy atom. The Balaban J connectivity index is 1.95. The molecule has 0 saturated carbocycles. The number of allylic oxidation sites excluding steroid dienone is 1. The molecule has 1 saturated heterocycles. The summed E-state index contributed by atoms with van der Waals surface area (Å²) in [5.41, 5.74) is 0.821. The second-order valence-electron chi connectivity index (χ2n) is 6.65. The summed E-state index contributed by atoms with van der Waals surface area (Å²) in [4.78, 5) is 25.1. The molecule has 0 radical (unpaired) electrons. The van der Waals surface area contributed by atoms with Crippen LogP contribution in [0.1, 0.15) is 18.9 Å². The maximum absolute atomic E-state index is 13.3. The van der Waals surface area contributed by atoms with Crippen LogP contribution in [-0.4, -0.2) is 47.1 Å². The third kappa shape index (κ3) is 6.01. The molecular formula is C19H24F3N3O2. The predicted octanol–water partition coefficient (Wildman–Crippen LogP) is 2.76. The Hall–Kier alpha value is -2.51. The molecule has 1 aliphatic heterocycles. The van der Waals surface area contributed by atoms with Gasteiger partial charge in [0.05, 0.1) is 5.92 Å². The maximum Gasteiger partial charge on any atom is 0.393 e. The average molecular weight is 383 g/mol. The van der Waals surface area contributed by atoms with Gasteiger partial charge in [-0.15, -0.1) is 0 Å². The second kappa shape index (κ2) is 8.92. The molecular weight excluding hydrogens is 359 g/mol. The molecule has 2 unspecified atom stereocenters. The summed E-state index contributed by atoms with van der Waals surface area (Å²) < 4.78 is 41.8. The molecule has 8 heteroatoms. The van der Waals surface area contributed by atoms with Gasteiger partial charge in [-0.25, -0.2) is 0 Å². The number of alkyl halides is 3. The van der Waals surface area contributed by atoms with Crippen LogP contribution in [0, 0.1) is 11.8 Å². The smallest absolute Gasteiger partial charge is 0.357 e.